The number of aromatic nitrogens is 3. The van der Waals surface area contributed by atoms with E-state index in [0.29, 0.717) is 5.95 Å². The van der Waals surface area contributed by atoms with Gasteiger partial charge in [0.15, 0.2) is 0 Å². The van der Waals surface area contributed by atoms with Gasteiger partial charge < -0.3 is 15.4 Å². The van der Waals surface area contributed by atoms with Crippen LogP contribution in [0.25, 0.3) is 11.3 Å². The SMILES string of the molecule is CC(C)Nc1nc(NC[C@H]2CCCO2)cc(-c2ccncc2)n1. The van der Waals surface area contributed by atoms with Crippen molar-refractivity contribution < 1.29 is 4.74 Å². The fraction of sp³-hybridized carbons (Fsp3) is 0.471. The molecule has 6 nitrogen and oxygen atoms in total. The topological polar surface area (TPSA) is 72.0 Å². The molecule has 122 valence electrons. The van der Waals surface area contributed by atoms with E-state index >= 15 is 0 Å². The first-order valence-electron chi connectivity index (χ1n) is 8.12. The molecule has 0 aromatic carbocycles. The second kappa shape index (κ2) is 7.37. The van der Waals surface area contributed by atoms with Crippen LogP contribution >= 0.6 is 0 Å². The molecule has 0 radical (unpaired) electrons. The predicted octanol–water partition coefficient (Wildman–Crippen LogP) is 2.95. The zero-order valence-corrected chi connectivity index (χ0v) is 13.6. The Morgan fingerprint density at radius 2 is 2.09 bits per heavy atom. The molecule has 6 heteroatoms. The summed E-state index contributed by atoms with van der Waals surface area (Å²) in [6.45, 7) is 5.77. The Balaban J connectivity index is 1.81. The lowest BCUT2D eigenvalue weighted by Gasteiger charge is -2.15. The van der Waals surface area contributed by atoms with Gasteiger partial charge in [-0.2, -0.15) is 4.98 Å². The fourth-order valence-corrected chi connectivity index (χ4v) is 2.55. The highest BCUT2D eigenvalue weighted by atomic mass is 16.5. The van der Waals surface area contributed by atoms with Crippen LogP contribution in [0.1, 0.15) is 26.7 Å². The van der Waals surface area contributed by atoms with Gasteiger partial charge in [-0.3, -0.25) is 4.98 Å². The van der Waals surface area contributed by atoms with Crippen molar-refractivity contribution in [3.63, 3.8) is 0 Å². The van der Waals surface area contributed by atoms with Crippen molar-refractivity contribution >= 4 is 11.8 Å². The lowest BCUT2D eigenvalue weighted by atomic mass is 10.2. The van der Waals surface area contributed by atoms with E-state index in [-0.39, 0.29) is 12.1 Å². The molecular weight excluding hydrogens is 290 g/mol. The average molecular weight is 313 g/mol. The van der Waals surface area contributed by atoms with E-state index < -0.39 is 0 Å². The van der Waals surface area contributed by atoms with Gasteiger partial charge in [0.05, 0.1) is 11.8 Å². The van der Waals surface area contributed by atoms with Gasteiger partial charge >= 0.3 is 0 Å². The normalized spacial score (nSPS) is 17.4. The van der Waals surface area contributed by atoms with Crippen LogP contribution < -0.4 is 10.6 Å². The molecule has 1 aliphatic rings. The van der Waals surface area contributed by atoms with E-state index in [1.807, 2.05) is 18.2 Å². The van der Waals surface area contributed by atoms with E-state index in [2.05, 4.69) is 39.4 Å². The maximum Gasteiger partial charge on any atom is 0.225 e. The molecule has 1 saturated heterocycles. The quantitative estimate of drug-likeness (QED) is 0.854. The first-order valence-corrected chi connectivity index (χ1v) is 8.12. The molecule has 2 aromatic heterocycles. The molecule has 0 amide bonds. The summed E-state index contributed by atoms with van der Waals surface area (Å²) in [6, 6.07) is 6.14. The van der Waals surface area contributed by atoms with Crippen LogP contribution in [0.4, 0.5) is 11.8 Å². The number of hydrogen-bond donors (Lipinski definition) is 2. The first-order chi connectivity index (χ1) is 11.2. The van der Waals surface area contributed by atoms with Gasteiger partial charge in [-0.25, -0.2) is 4.98 Å². The third-order valence-corrected chi connectivity index (χ3v) is 3.65. The third-order valence-electron chi connectivity index (χ3n) is 3.65. The Hall–Kier alpha value is -2.21. The van der Waals surface area contributed by atoms with Crippen LogP contribution in [0.3, 0.4) is 0 Å². The molecule has 1 fully saturated rings. The standard InChI is InChI=1S/C17H23N5O/c1-12(2)20-17-21-15(13-5-7-18-8-6-13)10-16(22-17)19-11-14-4-3-9-23-14/h5-8,10,12,14H,3-4,9,11H2,1-2H3,(H2,19,20,21,22)/t14-/m1/s1. The van der Waals surface area contributed by atoms with Gasteiger partial charge in [0.1, 0.15) is 5.82 Å². The molecule has 0 aliphatic carbocycles. The van der Waals surface area contributed by atoms with Crippen molar-refractivity contribution in [1.82, 2.24) is 15.0 Å². The third kappa shape index (κ3) is 4.39. The molecule has 1 atom stereocenters. The summed E-state index contributed by atoms with van der Waals surface area (Å²) < 4.78 is 5.65. The van der Waals surface area contributed by atoms with E-state index in [0.717, 1.165) is 43.1 Å². The first kappa shape index (κ1) is 15.7. The summed E-state index contributed by atoms with van der Waals surface area (Å²) in [5.41, 5.74) is 1.90. The number of rotatable bonds is 6. The van der Waals surface area contributed by atoms with Crippen molar-refractivity contribution in [3.05, 3.63) is 30.6 Å². The van der Waals surface area contributed by atoms with Gasteiger partial charge in [-0.05, 0) is 38.8 Å². The predicted molar refractivity (Wildman–Crippen MR) is 91.5 cm³/mol. The van der Waals surface area contributed by atoms with Crippen molar-refractivity contribution in [2.45, 2.75) is 38.8 Å². The fourth-order valence-electron chi connectivity index (χ4n) is 2.55. The summed E-state index contributed by atoms with van der Waals surface area (Å²) in [5.74, 6) is 1.44. The van der Waals surface area contributed by atoms with Crippen molar-refractivity contribution in [3.8, 4) is 11.3 Å². The molecule has 2 N–H and O–H groups in total. The highest BCUT2D eigenvalue weighted by Crippen LogP contribution is 2.22. The van der Waals surface area contributed by atoms with E-state index in [1.54, 1.807) is 12.4 Å². The molecule has 2 aromatic rings. The molecule has 23 heavy (non-hydrogen) atoms. The molecule has 0 saturated carbocycles. The van der Waals surface area contributed by atoms with Crippen LogP contribution in [0.2, 0.25) is 0 Å². The second-order valence-electron chi connectivity index (χ2n) is 6.01. The lowest BCUT2D eigenvalue weighted by Crippen LogP contribution is -2.20. The highest BCUT2D eigenvalue weighted by Gasteiger charge is 2.16. The Morgan fingerprint density at radius 1 is 1.26 bits per heavy atom. The van der Waals surface area contributed by atoms with Gasteiger partial charge in [0.2, 0.25) is 5.95 Å². The van der Waals surface area contributed by atoms with Gasteiger partial charge in [0.25, 0.3) is 0 Å². The molecule has 1 aliphatic heterocycles. The Kier molecular flexibility index (Phi) is 5.02. The largest absolute Gasteiger partial charge is 0.376 e. The summed E-state index contributed by atoms with van der Waals surface area (Å²) in [7, 11) is 0. The van der Waals surface area contributed by atoms with Crippen LogP contribution in [0.5, 0.6) is 0 Å². The second-order valence-corrected chi connectivity index (χ2v) is 6.01. The molecule has 0 unspecified atom stereocenters. The summed E-state index contributed by atoms with van der Waals surface area (Å²) in [4.78, 5) is 13.2. The Labute approximate surface area is 136 Å². The average Bonchev–Trinajstić information content (AvgIpc) is 3.06. The van der Waals surface area contributed by atoms with Crippen LogP contribution in [0, 0.1) is 0 Å². The van der Waals surface area contributed by atoms with Gasteiger partial charge in [0, 0.05) is 43.2 Å². The highest BCUT2D eigenvalue weighted by molar-refractivity contribution is 5.63. The van der Waals surface area contributed by atoms with Crippen molar-refractivity contribution in [2.75, 3.05) is 23.8 Å². The van der Waals surface area contributed by atoms with E-state index in [4.69, 9.17) is 4.74 Å². The van der Waals surface area contributed by atoms with Crippen LogP contribution in [-0.2, 0) is 4.74 Å². The van der Waals surface area contributed by atoms with Crippen LogP contribution in [-0.4, -0.2) is 40.2 Å². The van der Waals surface area contributed by atoms with E-state index in [1.165, 1.54) is 0 Å². The maximum atomic E-state index is 5.65. The smallest absolute Gasteiger partial charge is 0.225 e. The molecular formula is C17H23N5O. The minimum atomic E-state index is 0.272. The van der Waals surface area contributed by atoms with Gasteiger partial charge in [-0.15, -0.1) is 0 Å². The monoisotopic (exact) mass is 313 g/mol. The number of nitrogens with one attached hydrogen (secondary N) is 2. The van der Waals surface area contributed by atoms with Crippen molar-refractivity contribution in [2.24, 2.45) is 0 Å². The number of nitrogens with zero attached hydrogens (tertiary/aromatic N) is 3. The van der Waals surface area contributed by atoms with Gasteiger partial charge in [-0.1, -0.05) is 0 Å². The summed E-state index contributed by atoms with van der Waals surface area (Å²) >= 11 is 0. The zero-order valence-electron chi connectivity index (χ0n) is 13.6. The van der Waals surface area contributed by atoms with E-state index in [9.17, 15) is 0 Å². The summed E-state index contributed by atoms with van der Waals surface area (Å²) in [5, 5.41) is 6.65. The number of pyridine rings is 1. The maximum absolute atomic E-state index is 5.65. The minimum Gasteiger partial charge on any atom is -0.376 e. The lowest BCUT2D eigenvalue weighted by molar-refractivity contribution is 0.120. The number of hydrogen-bond acceptors (Lipinski definition) is 6. The Morgan fingerprint density at radius 3 is 2.78 bits per heavy atom. The molecule has 3 heterocycles. The van der Waals surface area contributed by atoms with Crippen molar-refractivity contribution in [1.29, 1.82) is 0 Å². The minimum absolute atomic E-state index is 0.272. The molecule has 0 bridgehead atoms. The molecule has 0 spiro atoms. The van der Waals surface area contributed by atoms with Crippen LogP contribution in [0.15, 0.2) is 30.6 Å². The number of anilines is 2. The zero-order chi connectivity index (χ0) is 16.1. The number of ether oxygens (including phenoxy) is 1. The molecule has 3 rings (SSSR count). The Bertz CT molecular complexity index is 626. The summed E-state index contributed by atoms with van der Waals surface area (Å²) in [6.07, 6.45) is 6.06.